The minimum absolute atomic E-state index is 0.0349. The van der Waals surface area contributed by atoms with Crippen LogP contribution in [-0.2, 0) is 0 Å². The number of nitrogens with one attached hydrogen (secondary N) is 1. The molecule has 0 saturated carbocycles. The third-order valence-corrected chi connectivity index (χ3v) is 2.95. The highest BCUT2D eigenvalue weighted by atomic mass is 16.2. The van der Waals surface area contributed by atoms with Gasteiger partial charge in [0.15, 0.2) is 0 Å². The lowest BCUT2D eigenvalue weighted by atomic mass is 9.97. The molecule has 3 N–H and O–H groups in total. The summed E-state index contributed by atoms with van der Waals surface area (Å²) in [6, 6.07) is 0.747. The summed E-state index contributed by atoms with van der Waals surface area (Å²) in [4.78, 5) is 13.9. The molecule has 2 atom stereocenters. The van der Waals surface area contributed by atoms with Crippen LogP contribution in [0.4, 0.5) is 4.79 Å². The van der Waals surface area contributed by atoms with Crippen LogP contribution in [-0.4, -0.2) is 35.6 Å². The highest BCUT2D eigenvalue weighted by molar-refractivity contribution is 5.75. The molecule has 1 rings (SSSR count). The fraction of sp³-hybridized carbons (Fsp3) is 0.909. The number of hydrogen-bond acceptors (Lipinski definition) is 2. The number of nitrogens with two attached hydrogens (primary N) is 1. The van der Waals surface area contributed by atoms with Gasteiger partial charge in [-0.25, -0.2) is 4.79 Å². The van der Waals surface area contributed by atoms with E-state index in [1.54, 1.807) is 0 Å². The Kier molecular flexibility index (Phi) is 4.39. The van der Waals surface area contributed by atoms with Gasteiger partial charge in [-0.1, -0.05) is 0 Å². The number of hydrogen-bond donors (Lipinski definition) is 2. The monoisotopic (exact) mass is 213 g/mol. The zero-order chi connectivity index (χ0) is 11.4. The molecule has 1 aliphatic heterocycles. The first-order valence-electron chi connectivity index (χ1n) is 5.85. The van der Waals surface area contributed by atoms with Crippen LogP contribution < -0.4 is 11.1 Å². The number of piperidine rings is 1. The molecule has 1 aliphatic rings. The van der Waals surface area contributed by atoms with E-state index in [0.29, 0.717) is 12.6 Å². The molecule has 15 heavy (non-hydrogen) atoms. The minimum Gasteiger partial charge on any atom is -0.336 e. The first-order valence-corrected chi connectivity index (χ1v) is 5.85. The van der Waals surface area contributed by atoms with Crippen molar-refractivity contribution < 1.29 is 4.79 Å². The second-order valence-corrected chi connectivity index (χ2v) is 4.68. The van der Waals surface area contributed by atoms with Crippen LogP contribution in [0.25, 0.3) is 0 Å². The van der Waals surface area contributed by atoms with Gasteiger partial charge < -0.3 is 16.0 Å². The summed E-state index contributed by atoms with van der Waals surface area (Å²) in [5.74, 6) is 0. The van der Waals surface area contributed by atoms with Crippen molar-refractivity contribution in [3.63, 3.8) is 0 Å². The quantitative estimate of drug-likeness (QED) is 0.726. The van der Waals surface area contributed by atoms with Gasteiger partial charge in [0, 0.05) is 24.7 Å². The molecule has 0 aromatic carbocycles. The summed E-state index contributed by atoms with van der Waals surface area (Å²) in [6.07, 6.45) is 3.29. The molecule has 1 saturated heterocycles. The Bertz CT molecular complexity index is 218. The van der Waals surface area contributed by atoms with Crippen molar-refractivity contribution in [3.05, 3.63) is 0 Å². The van der Waals surface area contributed by atoms with Crippen molar-refractivity contribution in [3.8, 4) is 0 Å². The fourth-order valence-corrected chi connectivity index (χ4v) is 2.21. The number of carbonyl (C=O) groups excluding carboxylic acids is 1. The fourth-order valence-electron chi connectivity index (χ4n) is 2.21. The Morgan fingerprint density at radius 3 is 2.73 bits per heavy atom. The van der Waals surface area contributed by atoms with Crippen molar-refractivity contribution in [2.45, 2.75) is 58.2 Å². The standard InChI is InChI=1S/C11H23N3O/c1-8(2)13-11(15)14-9(3)5-4-6-10(14)7-12/h8-10H,4-7,12H2,1-3H3,(H,13,15). The lowest BCUT2D eigenvalue weighted by Crippen LogP contribution is -2.56. The Labute approximate surface area is 92.2 Å². The molecule has 0 aromatic heterocycles. The summed E-state index contributed by atoms with van der Waals surface area (Å²) in [5.41, 5.74) is 5.70. The van der Waals surface area contributed by atoms with Gasteiger partial charge in [0.05, 0.1) is 0 Å². The van der Waals surface area contributed by atoms with Crippen LogP contribution in [0.1, 0.15) is 40.0 Å². The number of carbonyl (C=O) groups is 1. The second-order valence-electron chi connectivity index (χ2n) is 4.68. The van der Waals surface area contributed by atoms with Gasteiger partial charge in [-0.15, -0.1) is 0 Å². The molecule has 0 bridgehead atoms. The van der Waals surface area contributed by atoms with Crippen LogP contribution in [0.3, 0.4) is 0 Å². The van der Waals surface area contributed by atoms with Crippen molar-refractivity contribution in [2.75, 3.05) is 6.54 Å². The van der Waals surface area contributed by atoms with Gasteiger partial charge in [-0.05, 0) is 40.0 Å². The van der Waals surface area contributed by atoms with Crippen LogP contribution in [0.15, 0.2) is 0 Å². The number of rotatable bonds is 2. The van der Waals surface area contributed by atoms with Gasteiger partial charge in [0.25, 0.3) is 0 Å². The molecule has 4 nitrogen and oxygen atoms in total. The Morgan fingerprint density at radius 2 is 2.20 bits per heavy atom. The average molecular weight is 213 g/mol. The van der Waals surface area contributed by atoms with Gasteiger partial charge in [-0.2, -0.15) is 0 Å². The summed E-state index contributed by atoms with van der Waals surface area (Å²) < 4.78 is 0. The highest BCUT2D eigenvalue weighted by Crippen LogP contribution is 2.22. The van der Waals surface area contributed by atoms with E-state index in [1.165, 1.54) is 6.42 Å². The second kappa shape index (κ2) is 5.35. The maximum Gasteiger partial charge on any atom is 0.318 e. The topological polar surface area (TPSA) is 58.4 Å². The molecule has 2 unspecified atom stereocenters. The third-order valence-electron chi connectivity index (χ3n) is 2.95. The summed E-state index contributed by atoms with van der Waals surface area (Å²) in [7, 11) is 0. The molecule has 0 spiro atoms. The molecule has 0 aliphatic carbocycles. The van der Waals surface area contributed by atoms with Crippen LogP contribution in [0.2, 0.25) is 0 Å². The molecule has 1 fully saturated rings. The van der Waals surface area contributed by atoms with Crippen molar-refractivity contribution in [1.29, 1.82) is 0 Å². The molecular weight excluding hydrogens is 190 g/mol. The largest absolute Gasteiger partial charge is 0.336 e. The van der Waals surface area contributed by atoms with Crippen molar-refractivity contribution in [2.24, 2.45) is 5.73 Å². The lowest BCUT2D eigenvalue weighted by molar-refractivity contribution is 0.117. The number of amides is 2. The van der Waals surface area contributed by atoms with Gasteiger partial charge >= 0.3 is 6.03 Å². The minimum atomic E-state index is 0.0349. The maximum atomic E-state index is 11.9. The SMILES string of the molecule is CC(C)NC(=O)N1C(C)CCCC1CN. The third kappa shape index (κ3) is 3.09. The molecule has 0 aromatic rings. The van der Waals surface area contributed by atoms with E-state index in [0.717, 1.165) is 12.8 Å². The summed E-state index contributed by atoms with van der Waals surface area (Å²) in [6.45, 7) is 6.62. The zero-order valence-corrected chi connectivity index (χ0v) is 9.99. The van der Waals surface area contributed by atoms with Crippen molar-refractivity contribution in [1.82, 2.24) is 10.2 Å². The normalized spacial score (nSPS) is 26.9. The van der Waals surface area contributed by atoms with Crippen LogP contribution in [0.5, 0.6) is 0 Å². The predicted molar refractivity (Wildman–Crippen MR) is 61.7 cm³/mol. The van der Waals surface area contributed by atoms with Gasteiger partial charge in [-0.3, -0.25) is 0 Å². The number of nitrogens with zero attached hydrogens (tertiary/aromatic N) is 1. The Morgan fingerprint density at radius 1 is 1.53 bits per heavy atom. The van der Waals surface area contributed by atoms with E-state index >= 15 is 0 Å². The molecule has 1 heterocycles. The summed E-state index contributed by atoms with van der Waals surface area (Å²) >= 11 is 0. The van der Waals surface area contributed by atoms with E-state index in [9.17, 15) is 4.79 Å². The lowest BCUT2D eigenvalue weighted by Gasteiger charge is -2.40. The Hall–Kier alpha value is -0.770. The van der Waals surface area contributed by atoms with Crippen LogP contribution >= 0.6 is 0 Å². The van der Waals surface area contributed by atoms with E-state index < -0.39 is 0 Å². The van der Waals surface area contributed by atoms with Gasteiger partial charge in [0.1, 0.15) is 0 Å². The molecular formula is C11H23N3O. The van der Waals surface area contributed by atoms with Gasteiger partial charge in [0.2, 0.25) is 0 Å². The highest BCUT2D eigenvalue weighted by Gasteiger charge is 2.30. The van der Waals surface area contributed by atoms with E-state index in [-0.39, 0.29) is 18.1 Å². The zero-order valence-electron chi connectivity index (χ0n) is 9.99. The molecule has 0 radical (unpaired) electrons. The summed E-state index contributed by atoms with van der Waals surface area (Å²) in [5, 5.41) is 2.94. The predicted octanol–water partition coefficient (Wildman–Crippen LogP) is 1.31. The molecule has 2 amide bonds. The molecule has 4 heteroatoms. The van der Waals surface area contributed by atoms with Crippen molar-refractivity contribution >= 4 is 6.03 Å². The first-order chi connectivity index (χ1) is 7.06. The van der Waals surface area contributed by atoms with E-state index in [2.05, 4.69) is 12.2 Å². The van der Waals surface area contributed by atoms with Crippen LogP contribution in [0, 0.1) is 0 Å². The number of likely N-dealkylation sites (tertiary alicyclic amines) is 1. The first kappa shape index (κ1) is 12.3. The van der Waals surface area contributed by atoms with E-state index in [1.807, 2.05) is 18.7 Å². The maximum absolute atomic E-state index is 11.9. The number of urea groups is 1. The average Bonchev–Trinajstić information content (AvgIpc) is 2.15. The smallest absolute Gasteiger partial charge is 0.318 e. The van der Waals surface area contributed by atoms with E-state index in [4.69, 9.17) is 5.73 Å². The molecule has 88 valence electrons. The Balaban J connectivity index is 2.64.